The number of benzene rings is 1. The first kappa shape index (κ1) is 12.8. The maximum atomic E-state index is 13.4. The second-order valence-electron chi connectivity index (χ2n) is 3.96. The van der Waals surface area contributed by atoms with E-state index in [4.69, 9.17) is 5.73 Å². The molecule has 7 heteroatoms. The lowest BCUT2D eigenvalue weighted by molar-refractivity contribution is -0.0521. The van der Waals surface area contributed by atoms with Gasteiger partial charge in [0.05, 0.1) is 11.4 Å². The van der Waals surface area contributed by atoms with E-state index in [-0.39, 0.29) is 5.69 Å². The minimum Gasteiger partial charge on any atom is -0.432 e. The van der Waals surface area contributed by atoms with Crippen LogP contribution in [0.5, 0.6) is 5.75 Å². The molecule has 0 saturated carbocycles. The lowest BCUT2D eigenvalue weighted by Crippen LogP contribution is -2.43. The predicted octanol–water partition coefficient (Wildman–Crippen LogP) is 1.42. The van der Waals surface area contributed by atoms with E-state index in [9.17, 15) is 13.2 Å². The molecule has 0 unspecified atom stereocenters. The quantitative estimate of drug-likeness (QED) is 0.808. The summed E-state index contributed by atoms with van der Waals surface area (Å²) in [4.78, 5) is 1.91. The fourth-order valence-electron chi connectivity index (χ4n) is 1.92. The summed E-state index contributed by atoms with van der Waals surface area (Å²) in [5.41, 5.74) is 6.45. The molecule has 4 nitrogen and oxygen atoms in total. The summed E-state index contributed by atoms with van der Waals surface area (Å²) in [5.74, 6) is -1.36. The van der Waals surface area contributed by atoms with E-state index in [0.717, 1.165) is 19.2 Å². The topological polar surface area (TPSA) is 50.5 Å². The number of hydrogen-bond acceptors (Lipinski definition) is 4. The Kier molecular flexibility index (Phi) is 3.81. The van der Waals surface area contributed by atoms with E-state index in [1.165, 1.54) is 6.07 Å². The molecule has 0 radical (unpaired) electrons. The van der Waals surface area contributed by atoms with Crippen molar-refractivity contribution in [2.45, 2.75) is 6.61 Å². The Hall–Kier alpha value is -1.63. The van der Waals surface area contributed by atoms with Crippen LogP contribution in [-0.4, -0.2) is 32.8 Å². The second kappa shape index (κ2) is 5.34. The lowest BCUT2D eigenvalue weighted by Gasteiger charge is -2.30. The number of nitrogen functional groups attached to an aromatic ring is 1. The van der Waals surface area contributed by atoms with Crippen molar-refractivity contribution in [2.75, 3.05) is 36.8 Å². The lowest BCUT2D eigenvalue weighted by atomic mass is 10.2. The van der Waals surface area contributed by atoms with Crippen molar-refractivity contribution in [1.29, 1.82) is 0 Å². The minimum atomic E-state index is -3.06. The zero-order valence-electron chi connectivity index (χ0n) is 9.63. The van der Waals surface area contributed by atoms with Crippen LogP contribution in [0, 0.1) is 5.82 Å². The number of hydrogen-bond donors (Lipinski definition) is 2. The molecule has 1 aliphatic rings. The number of nitrogens with one attached hydrogen (secondary N) is 1. The van der Waals surface area contributed by atoms with E-state index in [1.54, 1.807) is 0 Å². The van der Waals surface area contributed by atoms with Gasteiger partial charge in [0.25, 0.3) is 0 Å². The normalized spacial score (nSPS) is 16.1. The molecule has 3 N–H and O–H groups in total. The van der Waals surface area contributed by atoms with Crippen molar-refractivity contribution in [3.8, 4) is 5.75 Å². The number of nitrogens with two attached hydrogens (primary N) is 1. The summed E-state index contributed by atoms with van der Waals surface area (Å²) in [6, 6.07) is 2.23. The van der Waals surface area contributed by atoms with Crippen LogP contribution in [0.3, 0.4) is 0 Å². The highest BCUT2D eigenvalue weighted by molar-refractivity contribution is 5.70. The molecule has 1 saturated heterocycles. The third kappa shape index (κ3) is 2.79. The number of anilines is 2. The van der Waals surface area contributed by atoms with Crippen LogP contribution in [0.4, 0.5) is 24.5 Å². The largest absolute Gasteiger partial charge is 0.432 e. The Labute approximate surface area is 103 Å². The number of nitrogens with zero attached hydrogens (tertiary/aromatic N) is 1. The van der Waals surface area contributed by atoms with Crippen LogP contribution < -0.4 is 20.7 Å². The summed E-state index contributed by atoms with van der Waals surface area (Å²) in [5, 5.41) is 3.15. The highest BCUT2D eigenvalue weighted by atomic mass is 19.3. The van der Waals surface area contributed by atoms with Crippen LogP contribution in [0.15, 0.2) is 12.1 Å². The highest BCUT2D eigenvalue weighted by Gasteiger charge is 2.18. The third-order valence-corrected chi connectivity index (χ3v) is 2.75. The van der Waals surface area contributed by atoms with Crippen molar-refractivity contribution in [3.63, 3.8) is 0 Å². The van der Waals surface area contributed by atoms with Gasteiger partial charge in [-0.2, -0.15) is 8.78 Å². The average Bonchev–Trinajstić information content (AvgIpc) is 2.33. The Morgan fingerprint density at radius 2 is 1.94 bits per heavy atom. The van der Waals surface area contributed by atoms with Gasteiger partial charge in [-0.05, 0) is 0 Å². The van der Waals surface area contributed by atoms with Gasteiger partial charge < -0.3 is 20.7 Å². The van der Waals surface area contributed by atoms with Gasteiger partial charge in [0, 0.05) is 38.3 Å². The Morgan fingerprint density at radius 1 is 1.28 bits per heavy atom. The Morgan fingerprint density at radius 3 is 2.56 bits per heavy atom. The fourth-order valence-corrected chi connectivity index (χ4v) is 1.92. The van der Waals surface area contributed by atoms with Gasteiger partial charge >= 0.3 is 6.61 Å². The summed E-state index contributed by atoms with van der Waals surface area (Å²) in [7, 11) is 0. The third-order valence-electron chi connectivity index (χ3n) is 2.75. The number of alkyl halides is 2. The molecule has 100 valence electrons. The van der Waals surface area contributed by atoms with Gasteiger partial charge in [-0.3, -0.25) is 0 Å². The molecule has 1 heterocycles. The summed E-state index contributed by atoms with van der Waals surface area (Å²) in [6.07, 6.45) is 0. The minimum absolute atomic E-state index is 0.219. The predicted molar refractivity (Wildman–Crippen MR) is 62.5 cm³/mol. The molecule has 1 aromatic carbocycles. The molecule has 0 aromatic heterocycles. The smallest absolute Gasteiger partial charge is 0.387 e. The first-order valence-corrected chi connectivity index (χ1v) is 5.57. The van der Waals surface area contributed by atoms with Crippen molar-refractivity contribution < 1.29 is 17.9 Å². The first-order chi connectivity index (χ1) is 8.58. The Balaban J connectivity index is 2.28. The molecular formula is C11H14F3N3O. The zero-order chi connectivity index (χ0) is 13.1. The number of piperazine rings is 1. The van der Waals surface area contributed by atoms with Gasteiger partial charge in [-0.25, -0.2) is 4.39 Å². The summed E-state index contributed by atoms with van der Waals surface area (Å²) >= 11 is 0. The molecule has 1 aromatic rings. The highest BCUT2D eigenvalue weighted by Crippen LogP contribution is 2.32. The Bertz CT molecular complexity index is 422. The maximum absolute atomic E-state index is 13.4. The van der Waals surface area contributed by atoms with Gasteiger partial charge in [0.1, 0.15) is 0 Å². The molecule has 0 bridgehead atoms. The monoisotopic (exact) mass is 261 g/mol. The van der Waals surface area contributed by atoms with Gasteiger partial charge in [-0.1, -0.05) is 0 Å². The molecule has 2 rings (SSSR count). The van der Waals surface area contributed by atoms with E-state index < -0.39 is 18.2 Å². The van der Waals surface area contributed by atoms with Crippen molar-refractivity contribution >= 4 is 11.4 Å². The van der Waals surface area contributed by atoms with Crippen molar-refractivity contribution in [2.24, 2.45) is 0 Å². The van der Waals surface area contributed by atoms with Gasteiger partial charge in [0.2, 0.25) is 0 Å². The summed E-state index contributed by atoms with van der Waals surface area (Å²) in [6.45, 7) is -0.156. The van der Waals surface area contributed by atoms with Crippen LogP contribution in [0.1, 0.15) is 0 Å². The van der Waals surface area contributed by atoms with E-state index >= 15 is 0 Å². The van der Waals surface area contributed by atoms with Crippen LogP contribution in [0.2, 0.25) is 0 Å². The standard InChI is InChI=1S/C11H14F3N3O/c12-7-5-8(15)9(6-10(7)18-11(13)14)17-3-1-16-2-4-17/h5-6,11,16H,1-4,15H2. The van der Waals surface area contributed by atoms with Crippen molar-refractivity contribution in [3.05, 3.63) is 17.9 Å². The molecule has 0 aliphatic carbocycles. The molecule has 0 atom stereocenters. The van der Waals surface area contributed by atoms with E-state index in [2.05, 4.69) is 10.1 Å². The fraction of sp³-hybridized carbons (Fsp3) is 0.455. The van der Waals surface area contributed by atoms with E-state index in [1.807, 2.05) is 4.90 Å². The molecule has 18 heavy (non-hydrogen) atoms. The van der Waals surface area contributed by atoms with Crippen LogP contribution in [-0.2, 0) is 0 Å². The first-order valence-electron chi connectivity index (χ1n) is 5.57. The molecule has 1 aliphatic heterocycles. The van der Waals surface area contributed by atoms with Gasteiger partial charge in [-0.15, -0.1) is 0 Å². The van der Waals surface area contributed by atoms with E-state index in [0.29, 0.717) is 18.8 Å². The molecular weight excluding hydrogens is 247 g/mol. The number of rotatable bonds is 3. The second-order valence-corrected chi connectivity index (χ2v) is 3.96. The zero-order valence-corrected chi connectivity index (χ0v) is 9.63. The molecule has 1 fully saturated rings. The van der Waals surface area contributed by atoms with Gasteiger partial charge in [0.15, 0.2) is 11.6 Å². The number of ether oxygens (including phenoxy) is 1. The number of halogens is 3. The van der Waals surface area contributed by atoms with Crippen LogP contribution >= 0.6 is 0 Å². The summed E-state index contributed by atoms with van der Waals surface area (Å²) < 4.78 is 41.8. The SMILES string of the molecule is Nc1cc(F)c(OC(F)F)cc1N1CCNCC1. The van der Waals surface area contributed by atoms with Crippen LogP contribution in [0.25, 0.3) is 0 Å². The maximum Gasteiger partial charge on any atom is 0.387 e. The average molecular weight is 261 g/mol. The van der Waals surface area contributed by atoms with Crippen molar-refractivity contribution in [1.82, 2.24) is 5.32 Å². The molecule has 0 amide bonds. The molecule has 0 spiro atoms.